The first kappa shape index (κ1) is 11.4. The van der Waals surface area contributed by atoms with Crippen molar-refractivity contribution in [1.82, 2.24) is 4.90 Å². The van der Waals surface area contributed by atoms with Gasteiger partial charge in [0.2, 0.25) is 0 Å². The van der Waals surface area contributed by atoms with E-state index in [0.717, 1.165) is 31.8 Å². The summed E-state index contributed by atoms with van der Waals surface area (Å²) in [4.78, 5) is 2.36. The highest BCUT2D eigenvalue weighted by Crippen LogP contribution is 2.51. The number of likely N-dealkylation sites (tertiary alicyclic amines) is 1. The molecule has 0 amide bonds. The lowest BCUT2D eigenvalue weighted by atomic mass is 9.93. The molecule has 0 aromatic carbocycles. The number of nitrogens with zero attached hydrogens (tertiary/aromatic N) is 1. The zero-order chi connectivity index (χ0) is 10.9. The Labute approximate surface area is 93.0 Å². The minimum Gasteiger partial charge on any atom is -0.300 e. The average molecular weight is 213 g/mol. The molecule has 2 rings (SSSR count). The predicted molar refractivity (Wildman–Crippen MR) is 61.7 cm³/mol. The van der Waals surface area contributed by atoms with Crippen LogP contribution in [0.4, 0.5) is 4.39 Å². The topological polar surface area (TPSA) is 3.24 Å². The van der Waals surface area contributed by atoms with E-state index in [1.807, 2.05) is 0 Å². The first-order chi connectivity index (χ1) is 7.10. The van der Waals surface area contributed by atoms with Crippen LogP contribution in [0.2, 0.25) is 0 Å². The van der Waals surface area contributed by atoms with E-state index in [2.05, 4.69) is 18.7 Å². The minimum absolute atomic E-state index is 0.561. The number of piperidine rings is 1. The second-order valence-electron chi connectivity index (χ2n) is 6.07. The van der Waals surface area contributed by atoms with E-state index in [9.17, 15) is 4.39 Å². The van der Waals surface area contributed by atoms with E-state index in [4.69, 9.17) is 0 Å². The van der Waals surface area contributed by atoms with Crippen LogP contribution < -0.4 is 0 Å². The van der Waals surface area contributed by atoms with Crippen molar-refractivity contribution < 1.29 is 4.39 Å². The summed E-state index contributed by atoms with van der Waals surface area (Å²) in [5.74, 6) is 0.790. The van der Waals surface area contributed by atoms with E-state index in [-0.39, 0.29) is 0 Å². The maximum atomic E-state index is 13.3. The Kier molecular flexibility index (Phi) is 3.34. The molecule has 1 saturated heterocycles. The zero-order valence-electron chi connectivity index (χ0n) is 10.1. The molecule has 0 aromatic rings. The second-order valence-corrected chi connectivity index (χ2v) is 6.07. The van der Waals surface area contributed by atoms with Gasteiger partial charge in [0, 0.05) is 13.1 Å². The Morgan fingerprint density at radius 1 is 1.40 bits per heavy atom. The summed E-state index contributed by atoms with van der Waals surface area (Å²) >= 11 is 0. The number of hydrogen-bond acceptors (Lipinski definition) is 1. The van der Waals surface area contributed by atoms with Gasteiger partial charge in [0.1, 0.15) is 6.17 Å². The van der Waals surface area contributed by atoms with E-state index in [0.29, 0.717) is 12.0 Å². The summed E-state index contributed by atoms with van der Waals surface area (Å²) < 4.78 is 13.3. The van der Waals surface area contributed by atoms with Gasteiger partial charge >= 0.3 is 0 Å². The number of hydrogen-bond donors (Lipinski definition) is 0. The molecule has 0 unspecified atom stereocenters. The molecule has 0 radical (unpaired) electrons. The van der Waals surface area contributed by atoms with Crippen molar-refractivity contribution in [2.24, 2.45) is 11.3 Å². The normalized spacial score (nSPS) is 30.8. The maximum absolute atomic E-state index is 13.3. The molecule has 1 nitrogen and oxygen atoms in total. The summed E-state index contributed by atoms with van der Waals surface area (Å²) in [5, 5.41) is 0. The Balaban J connectivity index is 1.80. The van der Waals surface area contributed by atoms with Crippen LogP contribution >= 0.6 is 0 Å². The van der Waals surface area contributed by atoms with Gasteiger partial charge in [-0.15, -0.1) is 0 Å². The smallest absolute Gasteiger partial charge is 0.113 e. The number of halogens is 1. The zero-order valence-corrected chi connectivity index (χ0v) is 10.1. The average Bonchev–Trinajstić information content (AvgIpc) is 2.83. The van der Waals surface area contributed by atoms with Crippen LogP contribution in [-0.4, -0.2) is 30.7 Å². The van der Waals surface area contributed by atoms with Crippen molar-refractivity contribution in [2.45, 2.75) is 52.1 Å². The summed E-state index contributed by atoms with van der Waals surface area (Å²) in [5.41, 5.74) is 0.575. The fourth-order valence-electron chi connectivity index (χ4n) is 3.09. The molecule has 1 atom stereocenters. The molecule has 15 heavy (non-hydrogen) atoms. The molecule has 1 heterocycles. The summed E-state index contributed by atoms with van der Waals surface area (Å²) in [7, 11) is 0. The summed E-state index contributed by atoms with van der Waals surface area (Å²) in [6.07, 6.45) is 5.36. The van der Waals surface area contributed by atoms with Crippen molar-refractivity contribution in [3.8, 4) is 0 Å². The Morgan fingerprint density at radius 2 is 2.13 bits per heavy atom. The third kappa shape index (κ3) is 3.17. The molecule has 0 N–H and O–H groups in total. The van der Waals surface area contributed by atoms with Crippen LogP contribution in [-0.2, 0) is 0 Å². The molecule has 1 aliphatic carbocycles. The lowest BCUT2D eigenvalue weighted by Crippen LogP contribution is -2.40. The first-order valence-corrected chi connectivity index (χ1v) is 6.46. The van der Waals surface area contributed by atoms with E-state index in [1.165, 1.54) is 19.3 Å². The van der Waals surface area contributed by atoms with Gasteiger partial charge in [-0.25, -0.2) is 4.39 Å². The van der Waals surface area contributed by atoms with Crippen LogP contribution in [0.15, 0.2) is 0 Å². The fourth-order valence-corrected chi connectivity index (χ4v) is 3.09. The van der Waals surface area contributed by atoms with E-state index in [1.54, 1.807) is 0 Å². The van der Waals surface area contributed by atoms with Crippen LogP contribution in [0, 0.1) is 11.3 Å². The highest BCUT2D eigenvalue weighted by molar-refractivity contribution is 4.96. The highest BCUT2D eigenvalue weighted by atomic mass is 19.1. The third-order valence-electron chi connectivity index (χ3n) is 3.81. The minimum atomic E-state index is -0.561. The van der Waals surface area contributed by atoms with E-state index < -0.39 is 6.17 Å². The van der Waals surface area contributed by atoms with Crippen molar-refractivity contribution in [3.05, 3.63) is 0 Å². The summed E-state index contributed by atoms with van der Waals surface area (Å²) in [6, 6.07) is 0. The molecular formula is C13H24FN. The SMILES string of the molecule is CC(C)CC1(CN2CCC[C@@H](F)C2)CC1. The van der Waals surface area contributed by atoms with Crippen molar-refractivity contribution in [1.29, 1.82) is 0 Å². The van der Waals surface area contributed by atoms with Gasteiger partial charge in [0.05, 0.1) is 0 Å². The molecule has 1 saturated carbocycles. The Hall–Kier alpha value is -0.110. The third-order valence-corrected chi connectivity index (χ3v) is 3.81. The molecule has 2 aliphatic rings. The quantitative estimate of drug-likeness (QED) is 0.693. The van der Waals surface area contributed by atoms with Gasteiger partial charge in [0.25, 0.3) is 0 Å². The lowest BCUT2D eigenvalue weighted by Gasteiger charge is -2.32. The Morgan fingerprint density at radius 3 is 2.67 bits per heavy atom. The lowest BCUT2D eigenvalue weighted by molar-refractivity contribution is 0.111. The van der Waals surface area contributed by atoms with Crippen LogP contribution in [0.25, 0.3) is 0 Å². The van der Waals surface area contributed by atoms with Crippen molar-refractivity contribution >= 4 is 0 Å². The van der Waals surface area contributed by atoms with Crippen LogP contribution in [0.5, 0.6) is 0 Å². The van der Waals surface area contributed by atoms with Crippen LogP contribution in [0.1, 0.15) is 46.0 Å². The molecule has 88 valence electrons. The molecule has 0 aromatic heterocycles. The van der Waals surface area contributed by atoms with Crippen molar-refractivity contribution in [2.75, 3.05) is 19.6 Å². The van der Waals surface area contributed by atoms with Gasteiger partial charge in [-0.2, -0.15) is 0 Å². The Bertz CT molecular complexity index is 211. The molecular weight excluding hydrogens is 189 g/mol. The number of alkyl halides is 1. The van der Waals surface area contributed by atoms with Gasteiger partial charge in [-0.05, 0) is 50.0 Å². The van der Waals surface area contributed by atoms with Gasteiger partial charge < -0.3 is 0 Å². The van der Waals surface area contributed by atoms with Crippen molar-refractivity contribution in [3.63, 3.8) is 0 Å². The standard InChI is InChI=1S/C13H24FN/c1-11(2)8-13(5-6-13)10-15-7-3-4-12(14)9-15/h11-12H,3-10H2,1-2H3/t12-/m1/s1. The van der Waals surface area contributed by atoms with Gasteiger partial charge in [-0.3, -0.25) is 4.90 Å². The molecule has 2 heteroatoms. The number of rotatable bonds is 4. The predicted octanol–water partition coefficient (Wildman–Crippen LogP) is 3.25. The summed E-state index contributed by atoms with van der Waals surface area (Å²) in [6.45, 7) is 7.58. The molecule has 1 aliphatic heterocycles. The first-order valence-electron chi connectivity index (χ1n) is 6.46. The molecule has 0 spiro atoms. The van der Waals surface area contributed by atoms with Gasteiger partial charge in [0.15, 0.2) is 0 Å². The van der Waals surface area contributed by atoms with E-state index >= 15 is 0 Å². The maximum Gasteiger partial charge on any atom is 0.113 e. The van der Waals surface area contributed by atoms with Gasteiger partial charge in [-0.1, -0.05) is 13.8 Å². The largest absolute Gasteiger partial charge is 0.300 e. The second kappa shape index (κ2) is 4.40. The molecule has 2 fully saturated rings. The highest BCUT2D eigenvalue weighted by Gasteiger charge is 2.44. The van der Waals surface area contributed by atoms with Crippen LogP contribution in [0.3, 0.4) is 0 Å². The molecule has 0 bridgehead atoms. The monoisotopic (exact) mass is 213 g/mol. The fraction of sp³-hybridized carbons (Fsp3) is 1.00.